The summed E-state index contributed by atoms with van der Waals surface area (Å²) >= 11 is 0. The number of fused-ring (bicyclic) bond motifs is 2. The predicted molar refractivity (Wildman–Crippen MR) is 162 cm³/mol. The molecule has 3 aromatic heterocycles. The standard InChI is InChI=1S/C33H34FN5O2S/c1-22-12-14-35-30(16-22)32(40)33-18-23-20-36-38(26-8-5-25(34)6-9-26)31(23)17-24(33)4-7-28(19-33)39(27-10-11-27)42(3,41)29-13-15-37(2)21-29/h5-6,8-9,12-17,20-21,27-28H,3-4,7,10-11,18-19H2,1-2H3/t28-,33-,42?/m0/s1. The Morgan fingerprint density at radius 2 is 1.93 bits per heavy atom. The summed E-state index contributed by atoms with van der Waals surface area (Å²) in [7, 11) is -0.832. The summed E-state index contributed by atoms with van der Waals surface area (Å²) < 4.78 is 34.0. The summed E-state index contributed by atoms with van der Waals surface area (Å²) in [4.78, 5) is 19.9. The number of ketones is 1. The molecule has 0 saturated heterocycles. The van der Waals surface area contributed by atoms with Gasteiger partial charge in [0.05, 0.1) is 37.6 Å². The van der Waals surface area contributed by atoms with E-state index < -0.39 is 15.1 Å². The number of nitrogens with zero attached hydrogens (tertiary/aromatic N) is 5. The Morgan fingerprint density at radius 3 is 2.62 bits per heavy atom. The SMILES string of the molecule is C=S(=O)(c1ccn(C)c1)N(C1CC1)[C@H]1CCC2=Cc3c(cnn3-c3ccc(F)cc3)C[C@]2(C(=O)c2cc(C)ccn2)C1. The molecule has 2 saturated carbocycles. The van der Waals surface area contributed by atoms with Crippen molar-refractivity contribution < 1.29 is 13.4 Å². The molecule has 9 heteroatoms. The number of carbonyl (C=O) groups is 1. The molecule has 3 aliphatic rings. The van der Waals surface area contributed by atoms with E-state index in [0.29, 0.717) is 25.0 Å². The Kier molecular flexibility index (Phi) is 6.36. The lowest BCUT2D eigenvalue weighted by molar-refractivity contribution is 0.0736. The first-order chi connectivity index (χ1) is 20.2. The van der Waals surface area contributed by atoms with Crippen LogP contribution in [-0.2, 0) is 23.2 Å². The first kappa shape index (κ1) is 27.0. The third kappa shape index (κ3) is 4.46. The van der Waals surface area contributed by atoms with Crippen LogP contribution in [0.3, 0.4) is 0 Å². The molecule has 7 nitrogen and oxygen atoms in total. The number of rotatable bonds is 7. The van der Waals surface area contributed by atoms with Crippen LogP contribution in [0.15, 0.2) is 77.7 Å². The van der Waals surface area contributed by atoms with E-state index in [9.17, 15) is 13.4 Å². The van der Waals surface area contributed by atoms with E-state index in [1.54, 1.807) is 18.3 Å². The maximum Gasteiger partial charge on any atom is 0.191 e. The number of carbonyl (C=O) groups excluding carboxylic acids is 1. The third-order valence-corrected chi connectivity index (χ3v) is 11.3. The van der Waals surface area contributed by atoms with E-state index in [4.69, 9.17) is 0 Å². The summed E-state index contributed by atoms with van der Waals surface area (Å²) in [6, 6.07) is 12.0. The van der Waals surface area contributed by atoms with E-state index in [0.717, 1.165) is 52.2 Å². The normalized spacial score (nSPS) is 23.1. The van der Waals surface area contributed by atoms with Crippen molar-refractivity contribution in [2.24, 2.45) is 12.5 Å². The number of Topliss-reactive ketones (excluding diaryl/α,β-unsaturated/α-hetero) is 1. The van der Waals surface area contributed by atoms with Gasteiger partial charge in [0.1, 0.15) is 11.5 Å². The fraction of sp³-hybridized carbons (Fsp3) is 0.333. The second-order valence-corrected chi connectivity index (χ2v) is 14.2. The van der Waals surface area contributed by atoms with Crippen molar-refractivity contribution in [3.63, 3.8) is 0 Å². The molecule has 1 aromatic carbocycles. The van der Waals surface area contributed by atoms with Gasteiger partial charge in [0, 0.05) is 37.7 Å². The van der Waals surface area contributed by atoms with Crippen molar-refractivity contribution in [3.8, 4) is 5.69 Å². The van der Waals surface area contributed by atoms with Crippen molar-refractivity contribution in [2.75, 3.05) is 0 Å². The van der Waals surface area contributed by atoms with Gasteiger partial charge in [-0.25, -0.2) is 17.6 Å². The number of aromatic nitrogens is 4. The van der Waals surface area contributed by atoms with Crippen LogP contribution in [0, 0.1) is 18.2 Å². The summed E-state index contributed by atoms with van der Waals surface area (Å²) in [5.41, 5.74) is 4.28. The highest BCUT2D eigenvalue weighted by Crippen LogP contribution is 2.52. The van der Waals surface area contributed by atoms with Crippen LogP contribution < -0.4 is 0 Å². The molecule has 3 atom stereocenters. The molecule has 2 fully saturated rings. The van der Waals surface area contributed by atoms with Gasteiger partial charge in [-0.05, 0) is 111 Å². The number of hydrogen-bond acceptors (Lipinski definition) is 4. The molecule has 4 aromatic rings. The largest absolute Gasteiger partial charge is 0.356 e. The van der Waals surface area contributed by atoms with Crippen molar-refractivity contribution in [1.29, 1.82) is 0 Å². The third-order valence-electron chi connectivity index (χ3n) is 9.07. The van der Waals surface area contributed by atoms with Gasteiger partial charge in [0.15, 0.2) is 5.78 Å². The van der Waals surface area contributed by atoms with Crippen LogP contribution in [0.1, 0.15) is 59.4 Å². The minimum atomic E-state index is -2.76. The monoisotopic (exact) mass is 583 g/mol. The average Bonchev–Trinajstić information content (AvgIpc) is 3.55. The first-order valence-electron chi connectivity index (χ1n) is 14.4. The zero-order valence-electron chi connectivity index (χ0n) is 23.9. The molecule has 0 spiro atoms. The second kappa shape index (κ2) is 9.88. The van der Waals surface area contributed by atoms with Crippen LogP contribution in [-0.4, -0.2) is 51.6 Å². The van der Waals surface area contributed by atoms with Crippen LogP contribution in [0.2, 0.25) is 0 Å². The van der Waals surface area contributed by atoms with Gasteiger partial charge in [-0.15, -0.1) is 0 Å². The van der Waals surface area contributed by atoms with Gasteiger partial charge in [-0.3, -0.25) is 9.78 Å². The minimum Gasteiger partial charge on any atom is -0.356 e. The molecular formula is C33H34FN5O2S. The number of hydrogen-bond donors (Lipinski definition) is 0. The lowest BCUT2D eigenvalue weighted by Gasteiger charge is -2.47. The highest BCUT2D eigenvalue weighted by atomic mass is 32.2. The minimum absolute atomic E-state index is 0.00616. The van der Waals surface area contributed by atoms with Gasteiger partial charge >= 0.3 is 0 Å². The van der Waals surface area contributed by atoms with Crippen molar-refractivity contribution in [2.45, 2.75) is 62.4 Å². The molecule has 0 bridgehead atoms. The fourth-order valence-electron chi connectivity index (χ4n) is 6.89. The maximum absolute atomic E-state index is 14.6. The van der Waals surface area contributed by atoms with Crippen LogP contribution in [0.5, 0.6) is 0 Å². The van der Waals surface area contributed by atoms with Gasteiger partial charge in [0.25, 0.3) is 0 Å². The summed E-state index contributed by atoms with van der Waals surface area (Å²) in [6.45, 7) is 1.97. The number of pyridine rings is 1. The molecule has 3 aliphatic carbocycles. The van der Waals surface area contributed by atoms with Gasteiger partial charge < -0.3 is 4.57 Å². The van der Waals surface area contributed by atoms with Gasteiger partial charge in [0.2, 0.25) is 0 Å². The Labute approximate surface area is 245 Å². The molecule has 0 N–H and O–H groups in total. The molecule has 42 heavy (non-hydrogen) atoms. The molecule has 3 heterocycles. The molecular weight excluding hydrogens is 549 g/mol. The van der Waals surface area contributed by atoms with Gasteiger partial charge in [-0.1, -0.05) is 5.57 Å². The zero-order chi connectivity index (χ0) is 29.2. The maximum atomic E-state index is 14.6. The first-order valence-corrected chi connectivity index (χ1v) is 16.1. The van der Waals surface area contributed by atoms with E-state index in [-0.39, 0.29) is 23.7 Å². The smallest absolute Gasteiger partial charge is 0.191 e. The van der Waals surface area contributed by atoms with Crippen LogP contribution in [0.25, 0.3) is 11.8 Å². The fourth-order valence-corrected chi connectivity index (χ4v) is 9.09. The van der Waals surface area contributed by atoms with Crippen molar-refractivity contribution >= 4 is 27.4 Å². The lowest BCUT2D eigenvalue weighted by Crippen LogP contribution is -2.51. The number of aryl methyl sites for hydroxylation is 2. The number of halogens is 1. The topological polar surface area (TPSA) is 73.0 Å². The molecule has 216 valence electrons. The van der Waals surface area contributed by atoms with Crippen LogP contribution >= 0.6 is 0 Å². The summed E-state index contributed by atoms with van der Waals surface area (Å²) in [5.74, 6) is 3.99. The van der Waals surface area contributed by atoms with Crippen molar-refractivity contribution in [1.82, 2.24) is 23.6 Å². The summed E-state index contributed by atoms with van der Waals surface area (Å²) in [6.07, 6.45) is 13.9. The quantitative estimate of drug-likeness (QED) is 0.211. The lowest BCUT2D eigenvalue weighted by atomic mass is 9.60. The molecule has 0 amide bonds. The Bertz CT molecular complexity index is 1830. The van der Waals surface area contributed by atoms with Gasteiger partial charge in [-0.2, -0.15) is 5.10 Å². The van der Waals surface area contributed by atoms with E-state index in [1.807, 2.05) is 60.0 Å². The van der Waals surface area contributed by atoms with E-state index in [2.05, 4.69) is 26.3 Å². The molecule has 7 rings (SSSR count). The Morgan fingerprint density at radius 1 is 1.14 bits per heavy atom. The molecule has 1 unspecified atom stereocenters. The Balaban J connectivity index is 1.32. The summed E-state index contributed by atoms with van der Waals surface area (Å²) in [5, 5.41) is 4.66. The van der Waals surface area contributed by atoms with Crippen molar-refractivity contribution in [3.05, 3.63) is 101 Å². The van der Waals surface area contributed by atoms with E-state index in [1.165, 1.54) is 12.1 Å². The highest BCUT2D eigenvalue weighted by molar-refractivity contribution is 7.98. The number of allylic oxidation sites excluding steroid dienone is 1. The predicted octanol–water partition coefficient (Wildman–Crippen LogP) is 5.57. The number of benzene rings is 1. The van der Waals surface area contributed by atoms with E-state index >= 15 is 0 Å². The molecule has 0 aliphatic heterocycles. The zero-order valence-corrected chi connectivity index (χ0v) is 24.7. The second-order valence-electron chi connectivity index (χ2n) is 12.1. The average molecular weight is 584 g/mol. The molecule has 0 radical (unpaired) electrons. The highest BCUT2D eigenvalue weighted by Gasteiger charge is 2.53. The Hall–Kier alpha value is -3.82. The van der Waals surface area contributed by atoms with Crippen LogP contribution in [0.4, 0.5) is 4.39 Å².